The number of likely N-dealkylation sites (N-methyl/N-ethyl adjacent to an activating group) is 1. The molecule has 4 heteroatoms. The highest BCUT2D eigenvalue weighted by molar-refractivity contribution is 5.99. The molecule has 1 spiro atoms. The molecule has 2 aliphatic rings. The van der Waals surface area contributed by atoms with Gasteiger partial charge in [0, 0.05) is 18.1 Å². The van der Waals surface area contributed by atoms with Gasteiger partial charge in [-0.1, -0.05) is 30.3 Å². The van der Waals surface area contributed by atoms with Crippen LogP contribution in [-0.2, 0) is 5.41 Å². The SMILES string of the molecule is CN1c2ccc(F)cc2C(C)(C)C12C=Nc1c(ccc3ccccc13)O2. The van der Waals surface area contributed by atoms with Crippen molar-refractivity contribution in [3.63, 3.8) is 0 Å². The van der Waals surface area contributed by atoms with Crippen LogP contribution in [0.2, 0.25) is 0 Å². The highest BCUT2D eigenvalue weighted by Crippen LogP contribution is 2.54. The Kier molecular flexibility index (Phi) is 2.87. The molecule has 3 aromatic carbocycles. The Morgan fingerprint density at radius 1 is 1.04 bits per heavy atom. The van der Waals surface area contributed by atoms with Crippen LogP contribution in [0.1, 0.15) is 19.4 Å². The van der Waals surface area contributed by atoms with E-state index in [4.69, 9.17) is 9.73 Å². The Balaban J connectivity index is 1.71. The van der Waals surface area contributed by atoms with Gasteiger partial charge < -0.3 is 9.64 Å². The maximum absolute atomic E-state index is 13.9. The van der Waals surface area contributed by atoms with Crippen molar-refractivity contribution in [1.29, 1.82) is 0 Å². The molecule has 26 heavy (non-hydrogen) atoms. The smallest absolute Gasteiger partial charge is 0.228 e. The van der Waals surface area contributed by atoms with Crippen LogP contribution >= 0.6 is 0 Å². The van der Waals surface area contributed by atoms with Crippen molar-refractivity contribution in [1.82, 2.24) is 0 Å². The highest BCUT2D eigenvalue weighted by atomic mass is 19.1. The Labute approximate surface area is 151 Å². The Bertz CT molecular complexity index is 1090. The third kappa shape index (κ3) is 1.74. The van der Waals surface area contributed by atoms with Gasteiger partial charge in [-0.25, -0.2) is 4.39 Å². The molecule has 2 aliphatic heterocycles. The molecule has 3 aromatic rings. The predicted octanol–water partition coefficient (Wildman–Crippen LogP) is 5.20. The van der Waals surface area contributed by atoms with Gasteiger partial charge in [-0.05, 0) is 49.1 Å². The van der Waals surface area contributed by atoms with Crippen LogP contribution in [0.25, 0.3) is 10.8 Å². The van der Waals surface area contributed by atoms with Gasteiger partial charge in [-0.15, -0.1) is 0 Å². The van der Waals surface area contributed by atoms with Crippen molar-refractivity contribution in [3.8, 4) is 5.75 Å². The standard InChI is InChI=1S/C22H19FN2O/c1-21(2)17-12-15(23)9-10-18(17)25(3)22(21)13-24-20-16-7-5-4-6-14(16)8-11-19(20)26-22/h4-13H,1-3H3. The van der Waals surface area contributed by atoms with Gasteiger partial charge >= 0.3 is 0 Å². The van der Waals surface area contributed by atoms with Crippen LogP contribution in [0.5, 0.6) is 5.75 Å². The summed E-state index contributed by atoms with van der Waals surface area (Å²) < 4.78 is 20.5. The van der Waals surface area contributed by atoms with Gasteiger partial charge in [0.15, 0.2) is 0 Å². The average molecular weight is 346 g/mol. The van der Waals surface area contributed by atoms with Crippen molar-refractivity contribution >= 4 is 28.4 Å². The monoisotopic (exact) mass is 346 g/mol. The second-order valence-corrected chi connectivity index (χ2v) is 7.54. The first-order chi connectivity index (χ1) is 12.4. The van der Waals surface area contributed by atoms with Crippen molar-refractivity contribution in [2.24, 2.45) is 4.99 Å². The molecular weight excluding hydrogens is 327 g/mol. The summed E-state index contributed by atoms with van der Waals surface area (Å²) in [6, 6.07) is 17.1. The van der Waals surface area contributed by atoms with E-state index in [0.717, 1.165) is 33.5 Å². The second-order valence-electron chi connectivity index (χ2n) is 7.54. The molecule has 0 aliphatic carbocycles. The van der Waals surface area contributed by atoms with Crippen LogP contribution < -0.4 is 9.64 Å². The summed E-state index contributed by atoms with van der Waals surface area (Å²) in [5.74, 6) is 0.515. The van der Waals surface area contributed by atoms with Crippen molar-refractivity contribution in [2.45, 2.75) is 25.0 Å². The van der Waals surface area contributed by atoms with Crippen LogP contribution in [0.4, 0.5) is 15.8 Å². The Morgan fingerprint density at radius 3 is 2.69 bits per heavy atom. The minimum atomic E-state index is -0.793. The van der Waals surface area contributed by atoms with Crippen molar-refractivity contribution < 1.29 is 9.13 Å². The van der Waals surface area contributed by atoms with Crippen molar-refractivity contribution in [2.75, 3.05) is 11.9 Å². The minimum absolute atomic E-state index is 0.235. The van der Waals surface area contributed by atoms with Gasteiger partial charge in [0.2, 0.25) is 5.72 Å². The lowest BCUT2D eigenvalue weighted by Crippen LogP contribution is -2.61. The second kappa shape index (κ2) is 4.85. The largest absolute Gasteiger partial charge is 0.459 e. The van der Waals surface area contributed by atoms with Gasteiger partial charge in [0.05, 0.1) is 11.6 Å². The number of rotatable bonds is 0. The fourth-order valence-corrected chi connectivity index (χ4v) is 4.33. The Hall–Kier alpha value is -2.88. The number of hydrogen-bond donors (Lipinski definition) is 0. The number of halogens is 1. The summed E-state index contributed by atoms with van der Waals surface area (Å²) in [6.45, 7) is 4.15. The van der Waals surface area contributed by atoms with E-state index >= 15 is 0 Å². The molecule has 3 nitrogen and oxygen atoms in total. The van der Waals surface area contributed by atoms with Crippen molar-refractivity contribution in [3.05, 3.63) is 66.0 Å². The molecule has 0 aromatic heterocycles. The van der Waals surface area contributed by atoms with Gasteiger partial charge in [-0.2, -0.15) is 0 Å². The highest BCUT2D eigenvalue weighted by Gasteiger charge is 2.58. The fourth-order valence-electron chi connectivity index (χ4n) is 4.33. The molecule has 0 N–H and O–H groups in total. The van der Waals surface area contributed by atoms with Gasteiger partial charge in [0.25, 0.3) is 0 Å². The average Bonchev–Trinajstić information content (AvgIpc) is 2.80. The molecular formula is C22H19FN2O. The molecule has 0 fully saturated rings. The molecule has 0 amide bonds. The van der Waals surface area contributed by atoms with E-state index in [1.54, 1.807) is 6.07 Å². The molecule has 0 radical (unpaired) electrons. The summed E-state index contributed by atoms with van der Waals surface area (Å²) in [7, 11) is 1.98. The lowest BCUT2D eigenvalue weighted by molar-refractivity contribution is 0.0826. The van der Waals surface area contributed by atoms with Crippen LogP contribution in [0.3, 0.4) is 0 Å². The summed E-state index contributed by atoms with van der Waals surface area (Å²) in [6.07, 6.45) is 1.87. The first kappa shape index (κ1) is 15.4. The summed E-state index contributed by atoms with van der Waals surface area (Å²) in [4.78, 5) is 6.88. The Morgan fingerprint density at radius 2 is 1.85 bits per heavy atom. The zero-order chi connectivity index (χ0) is 18.1. The number of anilines is 1. The number of aliphatic imine (C=N–C) groups is 1. The van der Waals surface area contributed by atoms with Gasteiger partial charge in [-0.3, -0.25) is 4.99 Å². The summed E-state index contributed by atoms with van der Waals surface area (Å²) in [5.41, 5.74) is 1.48. The van der Waals surface area contributed by atoms with E-state index in [-0.39, 0.29) is 5.82 Å². The van der Waals surface area contributed by atoms with E-state index in [9.17, 15) is 4.39 Å². The molecule has 130 valence electrons. The van der Waals surface area contributed by atoms with Crippen LogP contribution in [0.15, 0.2) is 59.6 Å². The summed E-state index contributed by atoms with van der Waals surface area (Å²) in [5, 5.41) is 2.20. The lowest BCUT2D eigenvalue weighted by atomic mass is 9.77. The number of fused-ring (bicyclic) bond motifs is 4. The molecule has 0 saturated carbocycles. The molecule has 0 bridgehead atoms. The zero-order valence-electron chi connectivity index (χ0n) is 15.0. The predicted molar refractivity (Wildman–Crippen MR) is 103 cm³/mol. The minimum Gasteiger partial charge on any atom is -0.459 e. The third-order valence-corrected chi connectivity index (χ3v) is 5.88. The van der Waals surface area contributed by atoms with E-state index in [1.165, 1.54) is 6.07 Å². The van der Waals surface area contributed by atoms with Gasteiger partial charge in [0.1, 0.15) is 17.3 Å². The van der Waals surface area contributed by atoms with E-state index < -0.39 is 11.1 Å². The lowest BCUT2D eigenvalue weighted by Gasteiger charge is -2.44. The van der Waals surface area contributed by atoms with Crippen LogP contribution in [0, 0.1) is 5.82 Å². The maximum atomic E-state index is 13.9. The maximum Gasteiger partial charge on any atom is 0.228 e. The molecule has 0 saturated heterocycles. The third-order valence-electron chi connectivity index (χ3n) is 5.88. The molecule has 1 unspecified atom stereocenters. The molecule has 1 atom stereocenters. The zero-order valence-corrected chi connectivity index (χ0v) is 15.0. The fraction of sp³-hybridized carbons (Fsp3) is 0.227. The van der Waals surface area contributed by atoms with E-state index in [1.807, 2.05) is 37.5 Å². The van der Waals surface area contributed by atoms with E-state index in [0.29, 0.717) is 0 Å². The van der Waals surface area contributed by atoms with E-state index in [2.05, 4.69) is 36.9 Å². The van der Waals surface area contributed by atoms with Crippen LogP contribution in [-0.4, -0.2) is 19.0 Å². The number of nitrogens with zero attached hydrogens (tertiary/aromatic N) is 2. The number of benzene rings is 3. The quantitative estimate of drug-likeness (QED) is 0.559. The molecule has 5 rings (SSSR count). The number of hydrogen-bond acceptors (Lipinski definition) is 3. The molecule has 2 heterocycles. The first-order valence-electron chi connectivity index (χ1n) is 8.74. The normalized spacial score (nSPS) is 22.4. The first-order valence-corrected chi connectivity index (χ1v) is 8.74. The number of ether oxygens (including phenoxy) is 1. The summed E-state index contributed by atoms with van der Waals surface area (Å²) >= 11 is 0. The topological polar surface area (TPSA) is 24.8 Å².